The molecule has 0 heterocycles. The topological polar surface area (TPSA) is 73.6 Å². The zero-order chi connectivity index (χ0) is 19.0. The first-order valence-electron chi connectivity index (χ1n) is 9.07. The SMILES string of the molecule is CCCCCOc1ccc(C(C)NC(=O)[C@@H](N)C(C)(C)C)cc1OC. The summed E-state index contributed by atoms with van der Waals surface area (Å²) in [5, 5.41) is 2.97. The van der Waals surface area contributed by atoms with Crippen molar-refractivity contribution in [3.05, 3.63) is 23.8 Å². The van der Waals surface area contributed by atoms with E-state index in [0.717, 1.165) is 30.6 Å². The lowest BCUT2D eigenvalue weighted by Crippen LogP contribution is -2.49. The lowest BCUT2D eigenvalue weighted by molar-refractivity contribution is -0.125. The first-order chi connectivity index (χ1) is 11.7. The largest absolute Gasteiger partial charge is 0.493 e. The zero-order valence-electron chi connectivity index (χ0n) is 16.5. The van der Waals surface area contributed by atoms with Gasteiger partial charge in [0.05, 0.1) is 25.8 Å². The van der Waals surface area contributed by atoms with Gasteiger partial charge in [-0.2, -0.15) is 0 Å². The van der Waals surface area contributed by atoms with Gasteiger partial charge < -0.3 is 20.5 Å². The van der Waals surface area contributed by atoms with Crippen molar-refractivity contribution in [1.29, 1.82) is 0 Å². The van der Waals surface area contributed by atoms with Crippen molar-refractivity contribution in [3.8, 4) is 11.5 Å². The molecule has 1 rings (SSSR count). The molecule has 25 heavy (non-hydrogen) atoms. The summed E-state index contributed by atoms with van der Waals surface area (Å²) in [4.78, 5) is 12.3. The fraction of sp³-hybridized carbons (Fsp3) is 0.650. The van der Waals surface area contributed by atoms with Gasteiger partial charge in [-0.05, 0) is 36.5 Å². The smallest absolute Gasteiger partial charge is 0.237 e. The highest BCUT2D eigenvalue weighted by atomic mass is 16.5. The van der Waals surface area contributed by atoms with Crippen LogP contribution in [0.15, 0.2) is 18.2 Å². The van der Waals surface area contributed by atoms with Gasteiger partial charge in [-0.25, -0.2) is 0 Å². The minimum atomic E-state index is -0.557. The van der Waals surface area contributed by atoms with Crippen molar-refractivity contribution in [2.75, 3.05) is 13.7 Å². The van der Waals surface area contributed by atoms with Gasteiger partial charge in [0.15, 0.2) is 11.5 Å². The monoisotopic (exact) mass is 350 g/mol. The molecule has 5 heteroatoms. The van der Waals surface area contributed by atoms with Crippen LogP contribution in [0.4, 0.5) is 0 Å². The van der Waals surface area contributed by atoms with E-state index in [2.05, 4.69) is 12.2 Å². The van der Waals surface area contributed by atoms with Crippen LogP contribution in [0.25, 0.3) is 0 Å². The van der Waals surface area contributed by atoms with Gasteiger partial charge in [-0.1, -0.05) is 46.6 Å². The van der Waals surface area contributed by atoms with Gasteiger partial charge in [-0.3, -0.25) is 4.79 Å². The average molecular weight is 351 g/mol. The van der Waals surface area contributed by atoms with E-state index in [1.807, 2.05) is 45.9 Å². The minimum Gasteiger partial charge on any atom is -0.493 e. The molecule has 1 amide bonds. The minimum absolute atomic E-state index is 0.154. The number of benzene rings is 1. The van der Waals surface area contributed by atoms with E-state index >= 15 is 0 Å². The molecule has 0 aromatic heterocycles. The molecule has 0 bridgehead atoms. The Morgan fingerprint density at radius 1 is 1.24 bits per heavy atom. The molecule has 0 aliphatic heterocycles. The second-order valence-corrected chi connectivity index (χ2v) is 7.54. The summed E-state index contributed by atoms with van der Waals surface area (Å²) in [6.45, 7) is 10.6. The Morgan fingerprint density at radius 2 is 1.92 bits per heavy atom. The van der Waals surface area contributed by atoms with Gasteiger partial charge in [0, 0.05) is 0 Å². The number of hydrogen-bond acceptors (Lipinski definition) is 4. The van der Waals surface area contributed by atoms with Crippen LogP contribution in [0.3, 0.4) is 0 Å². The molecule has 142 valence electrons. The highest BCUT2D eigenvalue weighted by molar-refractivity contribution is 5.82. The number of methoxy groups -OCH3 is 1. The fourth-order valence-corrected chi connectivity index (χ4v) is 2.39. The summed E-state index contributed by atoms with van der Waals surface area (Å²) in [7, 11) is 1.62. The van der Waals surface area contributed by atoms with E-state index in [-0.39, 0.29) is 17.4 Å². The van der Waals surface area contributed by atoms with Crippen LogP contribution in [-0.2, 0) is 4.79 Å². The Kier molecular flexibility index (Phi) is 8.23. The Morgan fingerprint density at radius 3 is 2.48 bits per heavy atom. The molecule has 0 saturated carbocycles. The summed E-state index contributed by atoms with van der Waals surface area (Å²) in [5.41, 5.74) is 6.69. The number of hydrogen-bond donors (Lipinski definition) is 2. The molecular weight excluding hydrogens is 316 g/mol. The number of carbonyl (C=O) groups excluding carboxylic acids is 1. The molecule has 0 saturated heterocycles. The maximum absolute atomic E-state index is 12.3. The van der Waals surface area contributed by atoms with Crippen molar-refractivity contribution < 1.29 is 14.3 Å². The number of rotatable bonds is 9. The number of amides is 1. The molecule has 1 aromatic carbocycles. The van der Waals surface area contributed by atoms with Crippen molar-refractivity contribution >= 4 is 5.91 Å². The van der Waals surface area contributed by atoms with E-state index in [1.54, 1.807) is 7.11 Å². The highest BCUT2D eigenvalue weighted by Gasteiger charge is 2.28. The zero-order valence-corrected chi connectivity index (χ0v) is 16.5. The van der Waals surface area contributed by atoms with E-state index in [1.165, 1.54) is 0 Å². The summed E-state index contributed by atoms with van der Waals surface area (Å²) in [5.74, 6) is 1.25. The number of carbonyl (C=O) groups is 1. The van der Waals surface area contributed by atoms with Gasteiger partial charge in [0.25, 0.3) is 0 Å². The maximum Gasteiger partial charge on any atom is 0.237 e. The summed E-state index contributed by atoms with van der Waals surface area (Å²) >= 11 is 0. The van der Waals surface area contributed by atoms with Crippen molar-refractivity contribution in [3.63, 3.8) is 0 Å². The molecular formula is C20H34N2O3. The third kappa shape index (κ3) is 6.58. The molecule has 3 N–H and O–H groups in total. The molecule has 1 aromatic rings. The van der Waals surface area contributed by atoms with Crippen LogP contribution < -0.4 is 20.5 Å². The molecule has 5 nitrogen and oxygen atoms in total. The predicted molar refractivity (Wildman–Crippen MR) is 102 cm³/mol. The molecule has 2 atom stereocenters. The standard InChI is InChI=1S/C20H34N2O3/c1-7-8-9-12-25-16-11-10-15(13-17(16)24-6)14(2)22-19(23)18(21)20(3,4)5/h10-11,13-14,18H,7-9,12,21H2,1-6H3,(H,22,23)/t14?,18-/m1/s1. The first kappa shape index (κ1) is 21.3. The van der Waals surface area contributed by atoms with Crippen molar-refractivity contribution in [2.45, 2.75) is 66.0 Å². The Bertz CT molecular complexity index is 552. The molecule has 0 aliphatic rings. The second-order valence-electron chi connectivity index (χ2n) is 7.54. The van der Waals surface area contributed by atoms with E-state index in [0.29, 0.717) is 12.4 Å². The predicted octanol–water partition coefficient (Wildman–Crippen LogP) is 3.81. The number of nitrogens with two attached hydrogens (primary N) is 1. The first-order valence-corrected chi connectivity index (χ1v) is 9.07. The molecule has 0 aliphatic carbocycles. The van der Waals surface area contributed by atoms with Crippen LogP contribution in [0.5, 0.6) is 11.5 Å². The fourth-order valence-electron chi connectivity index (χ4n) is 2.39. The number of nitrogens with one attached hydrogen (secondary N) is 1. The van der Waals surface area contributed by atoms with Crippen molar-refractivity contribution in [1.82, 2.24) is 5.32 Å². The normalized spacial score (nSPS) is 13.9. The van der Waals surface area contributed by atoms with E-state index < -0.39 is 6.04 Å². The summed E-state index contributed by atoms with van der Waals surface area (Å²) < 4.78 is 11.2. The van der Waals surface area contributed by atoms with Crippen LogP contribution >= 0.6 is 0 Å². The average Bonchev–Trinajstić information content (AvgIpc) is 2.57. The Balaban J connectivity index is 2.76. The van der Waals surface area contributed by atoms with Gasteiger partial charge in [0.2, 0.25) is 5.91 Å². The lowest BCUT2D eigenvalue weighted by atomic mass is 9.86. The highest BCUT2D eigenvalue weighted by Crippen LogP contribution is 2.30. The molecule has 1 unspecified atom stereocenters. The third-order valence-electron chi connectivity index (χ3n) is 4.27. The molecule has 0 fully saturated rings. The quantitative estimate of drug-likeness (QED) is 0.664. The van der Waals surface area contributed by atoms with E-state index in [4.69, 9.17) is 15.2 Å². The molecule has 0 spiro atoms. The van der Waals surface area contributed by atoms with Crippen LogP contribution in [-0.4, -0.2) is 25.7 Å². The summed E-state index contributed by atoms with van der Waals surface area (Å²) in [6, 6.07) is 5.03. The van der Waals surface area contributed by atoms with Crippen LogP contribution in [0.2, 0.25) is 0 Å². The van der Waals surface area contributed by atoms with Gasteiger partial charge in [-0.15, -0.1) is 0 Å². The number of unbranched alkanes of at least 4 members (excludes halogenated alkanes) is 2. The maximum atomic E-state index is 12.3. The molecule has 0 radical (unpaired) electrons. The lowest BCUT2D eigenvalue weighted by Gasteiger charge is -2.27. The van der Waals surface area contributed by atoms with Crippen molar-refractivity contribution in [2.24, 2.45) is 11.1 Å². The van der Waals surface area contributed by atoms with Gasteiger partial charge in [0.1, 0.15) is 0 Å². The summed E-state index contributed by atoms with van der Waals surface area (Å²) in [6.07, 6.45) is 3.34. The third-order valence-corrected chi connectivity index (χ3v) is 4.27. The Hall–Kier alpha value is -1.75. The Labute approximate surface area is 152 Å². The van der Waals surface area contributed by atoms with E-state index in [9.17, 15) is 4.79 Å². The second kappa shape index (κ2) is 9.66. The number of ether oxygens (including phenoxy) is 2. The van der Waals surface area contributed by atoms with Gasteiger partial charge >= 0.3 is 0 Å². The van der Waals surface area contributed by atoms with Crippen LogP contribution in [0.1, 0.15) is 65.5 Å². The van der Waals surface area contributed by atoms with Crippen LogP contribution in [0, 0.1) is 5.41 Å².